The van der Waals surface area contributed by atoms with Crippen LogP contribution in [0, 0.1) is 18.8 Å². The van der Waals surface area contributed by atoms with Gasteiger partial charge in [-0.3, -0.25) is 9.59 Å². The Morgan fingerprint density at radius 3 is 1.40 bits per heavy atom. The number of hydrogen-bond donors (Lipinski definition) is 0. The highest BCUT2D eigenvalue weighted by atomic mass is 79.9. The highest BCUT2D eigenvalue weighted by Gasteiger charge is 2.72. The van der Waals surface area contributed by atoms with Crippen molar-refractivity contribution in [1.82, 2.24) is 0 Å². The molecule has 5 heteroatoms. The summed E-state index contributed by atoms with van der Waals surface area (Å²) in [5.41, 5.74) is 5.92. The number of hydrogen-bond acceptors (Lipinski definition) is 2. The number of aryl methyl sites for hydroxylation is 1. The second-order valence-corrected chi connectivity index (χ2v) is 10.8. The van der Waals surface area contributed by atoms with Crippen LogP contribution < -0.4 is 4.90 Å². The zero-order chi connectivity index (χ0) is 20.8. The maximum Gasteiger partial charge on any atom is 0.239 e. The van der Waals surface area contributed by atoms with Crippen LogP contribution in [0.1, 0.15) is 27.8 Å². The lowest BCUT2D eigenvalue weighted by atomic mass is 9.54. The molecule has 1 aliphatic heterocycles. The molecule has 7 rings (SSSR count). The van der Waals surface area contributed by atoms with Crippen molar-refractivity contribution < 1.29 is 9.59 Å². The van der Waals surface area contributed by atoms with E-state index in [1.807, 2.05) is 55.5 Å². The first-order chi connectivity index (χ1) is 14.4. The number of rotatable bonds is 1. The predicted molar refractivity (Wildman–Crippen MR) is 123 cm³/mol. The van der Waals surface area contributed by atoms with Gasteiger partial charge in [0.15, 0.2) is 0 Å². The van der Waals surface area contributed by atoms with Crippen molar-refractivity contribution in [2.75, 3.05) is 4.90 Å². The summed E-state index contributed by atoms with van der Waals surface area (Å²) in [6, 6.07) is 23.8. The molecule has 4 aliphatic rings. The fourth-order valence-electron chi connectivity index (χ4n) is 5.62. The molecule has 0 N–H and O–H groups in total. The van der Waals surface area contributed by atoms with E-state index in [1.54, 1.807) is 0 Å². The van der Waals surface area contributed by atoms with E-state index in [-0.39, 0.29) is 11.8 Å². The predicted octanol–water partition coefficient (Wildman–Crippen LogP) is 5.40. The van der Waals surface area contributed by atoms with E-state index >= 15 is 0 Å². The summed E-state index contributed by atoms with van der Waals surface area (Å²) in [6.07, 6.45) is 0. The first kappa shape index (κ1) is 18.5. The normalized spacial score (nSPS) is 30.8. The molecule has 148 valence electrons. The maximum absolute atomic E-state index is 13.8. The lowest BCUT2D eigenvalue weighted by Gasteiger charge is -2.55. The van der Waals surface area contributed by atoms with Gasteiger partial charge < -0.3 is 0 Å². The molecular formula is C25H17Br2NO2. The van der Waals surface area contributed by atoms with Crippen molar-refractivity contribution in [2.24, 2.45) is 11.8 Å². The number of halogens is 2. The SMILES string of the molecule is Cc1ccc(N2C(=O)[C@H]3[C@H](C2=O)C2(Br)c4ccccc4C3(Br)c3ccccc32)cc1. The highest BCUT2D eigenvalue weighted by Crippen LogP contribution is 2.70. The molecule has 2 amide bonds. The summed E-state index contributed by atoms with van der Waals surface area (Å²) in [7, 11) is 0. The van der Waals surface area contributed by atoms with Gasteiger partial charge in [0.1, 0.15) is 0 Å². The van der Waals surface area contributed by atoms with Crippen molar-refractivity contribution >= 4 is 49.4 Å². The Balaban J connectivity index is 1.66. The molecule has 0 radical (unpaired) electrons. The van der Waals surface area contributed by atoms with Gasteiger partial charge in [0, 0.05) is 0 Å². The molecule has 3 nitrogen and oxygen atoms in total. The van der Waals surface area contributed by atoms with Gasteiger partial charge in [-0.15, -0.1) is 0 Å². The number of nitrogens with zero attached hydrogens (tertiary/aromatic N) is 1. The van der Waals surface area contributed by atoms with Crippen LogP contribution in [0.3, 0.4) is 0 Å². The summed E-state index contributed by atoms with van der Waals surface area (Å²) < 4.78 is -1.49. The zero-order valence-corrected chi connectivity index (χ0v) is 19.3. The quantitative estimate of drug-likeness (QED) is 0.317. The lowest BCUT2D eigenvalue weighted by molar-refractivity contribution is -0.122. The summed E-state index contributed by atoms with van der Waals surface area (Å²) >= 11 is 8.04. The number of imide groups is 1. The standard InChI is InChI=1S/C25H17Br2NO2/c1-14-10-12-15(13-11-14)28-22(29)20-21(23(28)30)25(27)17-7-3-2-6-16(17)24(20,26)18-8-4-5-9-19(18)25/h2-13,20-21H,1H3/t20-,21-,24?,25?/m1/s1. The van der Waals surface area contributed by atoms with E-state index in [4.69, 9.17) is 0 Å². The maximum atomic E-state index is 13.8. The van der Waals surface area contributed by atoms with Crippen molar-refractivity contribution in [3.8, 4) is 0 Å². The molecular weight excluding hydrogens is 506 g/mol. The van der Waals surface area contributed by atoms with Crippen LogP contribution in [0.15, 0.2) is 72.8 Å². The monoisotopic (exact) mass is 521 g/mol. The fraction of sp³-hybridized carbons (Fsp3) is 0.200. The van der Waals surface area contributed by atoms with E-state index in [9.17, 15) is 9.59 Å². The van der Waals surface area contributed by atoms with Crippen LogP contribution >= 0.6 is 31.9 Å². The number of anilines is 1. The zero-order valence-electron chi connectivity index (χ0n) is 16.1. The molecule has 0 unspecified atom stereocenters. The van der Waals surface area contributed by atoms with Crippen LogP contribution in [-0.4, -0.2) is 11.8 Å². The van der Waals surface area contributed by atoms with Gasteiger partial charge in [-0.1, -0.05) is 98.1 Å². The lowest BCUT2D eigenvalue weighted by Crippen LogP contribution is -2.56. The van der Waals surface area contributed by atoms with Gasteiger partial charge in [-0.2, -0.15) is 0 Å². The van der Waals surface area contributed by atoms with Crippen molar-refractivity contribution in [3.05, 3.63) is 101 Å². The third kappa shape index (κ3) is 1.96. The highest BCUT2D eigenvalue weighted by molar-refractivity contribution is 9.10. The Labute approximate surface area is 191 Å². The molecule has 1 saturated heterocycles. The number of alkyl halides is 2. The average Bonchev–Trinajstić information content (AvgIpc) is 3.04. The second-order valence-electron chi connectivity index (χ2n) is 8.32. The minimum absolute atomic E-state index is 0.154. The second kappa shape index (κ2) is 5.92. The Bertz CT molecular complexity index is 1130. The van der Waals surface area contributed by atoms with Gasteiger partial charge in [-0.25, -0.2) is 4.90 Å². The summed E-state index contributed by atoms with van der Waals surface area (Å²) in [4.78, 5) is 29.1. The van der Waals surface area contributed by atoms with Crippen LogP contribution in [0.25, 0.3) is 0 Å². The average molecular weight is 523 g/mol. The number of benzene rings is 3. The molecule has 3 aliphatic carbocycles. The number of carbonyl (C=O) groups excluding carboxylic acids is 2. The van der Waals surface area contributed by atoms with Crippen LogP contribution in [0.2, 0.25) is 0 Å². The van der Waals surface area contributed by atoms with Gasteiger partial charge in [0.2, 0.25) is 11.8 Å². The molecule has 2 atom stereocenters. The van der Waals surface area contributed by atoms with Crippen LogP contribution in [0.4, 0.5) is 5.69 Å². The van der Waals surface area contributed by atoms with Gasteiger partial charge >= 0.3 is 0 Å². The van der Waals surface area contributed by atoms with E-state index in [1.165, 1.54) is 4.90 Å². The summed E-state index contributed by atoms with van der Waals surface area (Å²) in [5.74, 6) is -1.37. The molecule has 0 spiro atoms. The summed E-state index contributed by atoms with van der Waals surface area (Å²) in [5, 5.41) is 0. The first-order valence-electron chi connectivity index (χ1n) is 9.92. The molecule has 30 heavy (non-hydrogen) atoms. The van der Waals surface area contributed by atoms with E-state index < -0.39 is 20.5 Å². The van der Waals surface area contributed by atoms with E-state index in [0.717, 1.165) is 27.8 Å². The smallest absolute Gasteiger partial charge is 0.239 e. The Morgan fingerprint density at radius 2 is 1.03 bits per heavy atom. The summed E-state index contributed by atoms with van der Waals surface area (Å²) in [6.45, 7) is 1.99. The minimum atomic E-state index is -0.743. The number of carbonyl (C=O) groups is 2. The minimum Gasteiger partial charge on any atom is -0.274 e. The van der Waals surface area contributed by atoms with Gasteiger partial charge in [0.25, 0.3) is 0 Å². The van der Waals surface area contributed by atoms with E-state index in [2.05, 4.69) is 56.1 Å². The molecule has 3 aromatic carbocycles. The van der Waals surface area contributed by atoms with Crippen molar-refractivity contribution in [1.29, 1.82) is 0 Å². The van der Waals surface area contributed by atoms with E-state index in [0.29, 0.717) is 5.69 Å². The first-order valence-corrected chi connectivity index (χ1v) is 11.5. The third-order valence-corrected chi connectivity index (χ3v) is 9.57. The molecule has 3 aromatic rings. The largest absolute Gasteiger partial charge is 0.274 e. The van der Waals surface area contributed by atoms with Crippen LogP contribution in [-0.2, 0) is 18.2 Å². The van der Waals surface area contributed by atoms with Crippen molar-refractivity contribution in [3.63, 3.8) is 0 Å². The Kier molecular flexibility index (Phi) is 3.66. The van der Waals surface area contributed by atoms with Crippen molar-refractivity contribution in [2.45, 2.75) is 15.6 Å². The Morgan fingerprint density at radius 1 is 0.667 bits per heavy atom. The van der Waals surface area contributed by atoms with Gasteiger partial charge in [-0.05, 0) is 41.3 Å². The molecule has 1 heterocycles. The number of amides is 2. The van der Waals surface area contributed by atoms with Gasteiger partial charge in [0.05, 0.1) is 26.2 Å². The molecule has 2 bridgehead atoms. The van der Waals surface area contributed by atoms with Crippen LogP contribution in [0.5, 0.6) is 0 Å². The molecule has 0 aromatic heterocycles. The Hall–Kier alpha value is -2.24. The third-order valence-electron chi connectivity index (χ3n) is 6.88. The topological polar surface area (TPSA) is 37.4 Å². The fourth-order valence-corrected chi connectivity index (χ4v) is 7.92. The molecule has 1 fully saturated rings. The molecule has 0 saturated carbocycles.